The summed E-state index contributed by atoms with van der Waals surface area (Å²) in [6, 6.07) is 2.00. The summed E-state index contributed by atoms with van der Waals surface area (Å²) in [5.74, 6) is -0.800. The van der Waals surface area contributed by atoms with Gasteiger partial charge in [0.2, 0.25) is 0 Å². The van der Waals surface area contributed by atoms with Gasteiger partial charge in [-0.1, -0.05) is 17.7 Å². The molecule has 1 heterocycles. The van der Waals surface area contributed by atoms with E-state index < -0.39 is 18.0 Å². The monoisotopic (exact) mass is 276 g/mol. The standard InChI is InChI=1S/C13H16F4N2/c1-9-2-3-11(14)10(8-9)12(13(15,16)17)19-6-4-18-5-7-19/h2-3,8,12,18H,4-7H2,1H3/t12-/m1/s1. The molecule has 6 heteroatoms. The second-order valence-corrected chi connectivity index (χ2v) is 4.76. The number of hydrogen-bond donors (Lipinski definition) is 1. The van der Waals surface area contributed by atoms with E-state index in [2.05, 4.69) is 5.32 Å². The zero-order valence-corrected chi connectivity index (χ0v) is 10.6. The molecule has 0 unspecified atom stereocenters. The SMILES string of the molecule is Cc1ccc(F)c([C@@H](N2CCNCC2)C(F)(F)F)c1. The number of alkyl halides is 3. The maximum absolute atomic E-state index is 13.8. The molecule has 1 aliphatic rings. The molecule has 0 radical (unpaired) electrons. The first kappa shape index (κ1) is 14.3. The van der Waals surface area contributed by atoms with E-state index >= 15 is 0 Å². The summed E-state index contributed by atoms with van der Waals surface area (Å²) in [6.45, 7) is 3.16. The average Bonchev–Trinajstić information content (AvgIpc) is 2.33. The van der Waals surface area contributed by atoms with E-state index in [9.17, 15) is 17.6 Å². The molecule has 1 fully saturated rings. The molecule has 2 rings (SSSR count). The van der Waals surface area contributed by atoms with Crippen LogP contribution in [0.15, 0.2) is 18.2 Å². The quantitative estimate of drug-likeness (QED) is 0.835. The average molecular weight is 276 g/mol. The summed E-state index contributed by atoms with van der Waals surface area (Å²) in [4.78, 5) is 1.29. The van der Waals surface area contributed by atoms with Gasteiger partial charge in [-0.3, -0.25) is 4.90 Å². The van der Waals surface area contributed by atoms with Crippen molar-refractivity contribution < 1.29 is 17.6 Å². The fraction of sp³-hybridized carbons (Fsp3) is 0.538. The van der Waals surface area contributed by atoms with Gasteiger partial charge in [0.1, 0.15) is 11.9 Å². The first-order valence-electron chi connectivity index (χ1n) is 6.17. The van der Waals surface area contributed by atoms with Crippen LogP contribution in [0.1, 0.15) is 17.2 Å². The van der Waals surface area contributed by atoms with Crippen LogP contribution in [0.2, 0.25) is 0 Å². The predicted octanol–water partition coefficient (Wildman–Crippen LogP) is 2.64. The number of halogens is 4. The van der Waals surface area contributed by atoms with Gasteiger partial charge in [0, 0.05) is 31.7 Å². The maximum Gasteiger partial charge on any atom is 0.408 e. The summed E-state index contributed by atoms with van der Waals surface area (Å²) in [5.41, 5.74) is 0.343. The molecule has 0 spiro atoms. The van der Waals surface area contributed by atoms with E-state index in [0.717, 1.165) is 6.07 Å². The lowest BCUT2D eigenvalue weighted by molar-refractivity contribution is -0.188. The van der Waals surface area contributed by atoms with Crippen LogP contribution in [-0.2, 0) is 0 Å². The van der Waals surface area contributed by atoms with Gasteiger partial charge in [0.15, 0.2) is 0 Å². The number of nitrogens with one attached hydrogen (secondary N) is 1. The Morgan fingerprint density at radius 2 is 1.84 bits per heavy atom. The van der Waals surface area contributed by atoms with Gasteiger partial charge in [-0.15, -0.1) is 0 Å². The highest BCUT2D eigenvalue weighted by Gasteiger charge is 2.46. The Morgan fingerprint density at radius 3 is 2.42 bits per heavy atom. The zero-order valence-electron chi connectivity index (χ0n) is 10.6. The van der Waals surface area contributed by atoms with Gasteiger partial charge in [0.05, 0.1) is 0 Å². The molecule has 0 saturated carbocycles. The summed E-state index contributed by atoms with van der Waals surface area (Å²) in [5, 5.41) is 3.00. The number of rotatable bonds is 2. The minimum atomic E-state index is -4.48. The highest BCUT2D eigenvalue weighted by atomic mass is 19.4. The van der Waals surface area contributed by atoms with Crippen molar-refractivity contribution in [2.45, 2.75) is 19.1 Å². The van der Waals surface area contributed by atoms with E-state index in [-0.39, 0.29) is 18.7 Å². The third-order valence-corrected chi connectivity index (χ3v) is 3.27. The van der Waals surface area contributed by atoms with Crippen LogP contribution in [0.25, 0.3) is 0 Å². The van der Waals surface area contributed by atoms with Gasteiger partial charge in [0.25, 0.3) is 0 Å². The Hall–Kier alpha value is -1.14. The number of hydrogen-bond acceptors (Lipinski definition) is 2. The van der Waals surface area contributed by atoms with E-state index in [0.29, 0.717) is 18.7 Å². The van der Waals surface area contributed by atoms with Crippen LogP contribution < -0.4 is 5.32 Å². The van der Waals surface area contributed by atoms with E-state index in [1.807, 2.05) is 0 Å². The number of nitrogens with zero attached hydrogens (tertiary/aromatic N) is 1. The molecule has 0 amide bonds. The molecule has 0 aromatic heterocycles. The summed E-state index contributed by atoms with van der Waals surface area (Å²) >= 11 is 0. The van der Waals surface area contributed by atoms with Gasteiger partial charge < -0.3 is 5.32 Å². The van der Waals surface area contributed by atoms with Crippen molar-refractivity contribution in [1.82, 2.24) is 10.2 Å². The molecule has 1 aromatic carbocycles. The van der Waals surface area contributed by atoms with Crippen molar-refractivity contribution in [3.05, 3.63) is 35.1 Å². The lowest BCUT2D eigenvalue weighted by Gasteiger charge is -2.36. The fourth-order valence-corrected chi connectivity index (χ4v) is 2.39. The Kier molecular flexibility index (Phi) is 4.10. The molecule has 0 bridgehead atoms. The van der Waals surface area contributed by atoms with Gasteiger partial charge in [-0.2, -0.15) is 13.2 Å². The normalized spacial score (nSPS) is 19.4. The molecular formula is C13H16F4N2. The number of benzene rings is 1. The predicted molar refractivity (Wildman–Crippen MR) is 64.4 cm³/mol. The van der Waals surface area contributed by atoms with E-state index in [1.54, 1.807) is 6.92 Å². The van der Waals surface area contributed by atoms with Gasteiger partial charge in [-0.25, -0.2) is 4.39 Å². The van der Waals surface area contributed by atoms with Crippen molar-refractivity contribution in [3.63, 3.8) is 0 Å². The third-order valence-electron chi connectivity index (χ3n) is 3.27. The largest absolute Gasteiger partial charge is 0.408 e. The second kappa shape index (κ2) is 5.46. The first-order chi connectivity index (χ1) is 8.89. The smallest absolute Gasteiger partial charge is 0.314 e. The second-order valence-electron chi connectivity index (χ2n) is 4.76. The highest BCUT2D eigenvalue weighted by molar-refractivity contribution is 5.28. The molecule has 1 aromatic rings. The van der Waals surface area contributed by atoms with E-state index in [1.165, 1.54) is 17.0 Å². The van der Waals surface area contributed by atoms with Gasteiger partial charge >= 0.3 is 6.18 Å². The Morgan fingerprint density at radius 1 is 1.21 bits per heavy atom. The third kappa shape index (κ3) is 3.25. The number of piperazine rings is 1. The summed E-state index contributed by atoms with van der Waals surface area (Å²) in [7, 11) is 0. The van der Waals surface area contributed by atoms with Crippen molar-refractivity contribution in [2.75, 3.05) is 26.2 Å². The van der Waals surface area contributed by atoms with Crippen LogP contribution in [0, 0.1) is 12.7 Å². The topological polar surface area (TPSA) is 15.3 Å². The van der Waals surface area contributed by atoms with Crippen molar-refractivity contribution in [3.8, 4) is 0 Å². The van der Waals surface area contributed by atoms with Crippen LogP contribution in [-0.4, -0.2) is 37.3 Å². The zero-order chi connectivity index (χ0) is 14.0. The Balaban J connectivity index is 2.39. The minimum Gasteiger partial charge on any atom is -0.314 e. The lowest BCUT2D eigenvalue weighted by Crippen LogP contribution is -2.49. The molecule has 1 aliphatic heterocycles. The van der Waals surface area contributed by atoms with E-state index in [4.69, 9.17) is 0 Å². The molecule has 106 valence electrons. The molecule has 1 saturated heterocycles. The van der Waals surface area contributed by atoms with Gasteiger partial charge in [-0.05, 0) is 13.0 Å². The summed E-state index contributed by atoms with van der Waals surface area (Å²) in [6.07, 6.45) is -4.48. The molecule has 0 aliphatic carbocycles. The van der Waals surface area contributed by atoms with Crippen LogP contribution in [0.3, 0.4) is 0 Å². The van der Waals surface area contributed by atoms with Crippen molar-refractivity contribution >= 4 is 0 Å². The van der Waals surface area contributed by atoms with Crippen molar-refractivity contribution in [1.29, 1.82) is 0 Å². The molecule has 2 nitrogen and oxygen atoms in total. The number of aryl methyl sites for hydroxylation is 1. The molecule has 1 atom stereocenters. The fourth-order valence-electron chi connectivity index (χ4n) is 2.39. The minimum absolute atomic E-state index is 0.261. The van der Waals surface area contributed by atoms with Crippen molar-refractivity contribution in [2.24, 2.45) is 0 Å². The molecule has 19 heavy (non-hydrogen) atoms. The van der Waals surface area contributed by atoms with Crippen LogP contribution in [0.5, 0.6) is 0 Å². The first-order valence-corrected chi connectivity index (χ1v) is 6.17. The van der Waals surface area contributed by atoms with Crippen LogP contribution >= 0.6 is 0 Å². The summed E-state index contributed by atoms with van der Waals surface area (Å²) < 4.78 is 53.6. The lowest BCUT2D eigenvalue weighted by atomic mass is 10.0. The maximum atomic E-state index is 13.8. The Labute approximate surface area is 109 Å². The molecular weight excluding hydrogens is 260 g/mol. The Bertz CT molecular complexity index is 439. The highest BCUT2D eigenvalue weighted by Crippen LogP contribution is 2.39. The molecule has 1 N–H and O–H groups in total. The van der Waals surface area contributed by atoms with Crippen LogP contribution in [0.4, 0.5) is 17.6 Å².